The molecule has 0 radical (unpaired) electrons. The Kier molecular flexibility index (Phi) is 5.39. The highest BCUT2D eigenvalue weighted by Gasteiger charge is 2.26. The Morgan fingerprint density at radius 1 is 1.28 bits per heavy atom. The number of hydrogen-bond donors (Lipinski definition) is 0. The zero-order valence-corrected chi connectivity index (χ0v) is 15.2. The van der Waals surface area contributed by atoms with Gasteiger partial charge in [0.25, 0.3) is 0 Å². The molecule has 1 saturated heterocycles. The number of benzene rings is 1. The highest BCUT2D eigenvalue weighted by Crippen LogP contribution is 2.22. The maximum atomic E-state index is 13.9. The van der Waals surface area contributed by atoms with Crippen LogP contribution in [0, 0.1) is 12.7 Å². The maximum Gasteiger partial charge on any atom is 0.247 e. The quantitative estimate of drug-likeness (QED) is 0.837. The second-order valence-electron chi connectivity index (χ2n) is 6.41. The molecule has 1 aliphatic rings. The van der Waals surface area contributed by atoms with Crippen LogP contribution in [0.1, 0.15) is 24.2 Å². The van der Waals surface area contributed by atoms with E-state index in [1.54, 1.807) is 16.8 Å². The van der Waals surface area contributed by atoms with Crippen molar-refractivity contribution in [2.45, 2.75) is 26.4 Å². The minimum absolute atomic E-state index is 0.0617. The molecule has 0 aliphatic carbocycles. The number of aryl methyl sites for hydroxylation is 1. The maximum absolute atomic E-state index is 13.9. The van der Waals surface area contributed by atoms with Gasteiger partial charge in [-0.2, -0.15) is 5.10 Å². The smallest absolute Gasteiger partial charge is 0.247 e. The number of carbonyl (C=O) groups excluding carboxylic acids is 1. The summed E-state index contributed by atoms with van der Waals surface area (Å²) in [5.41, 5.74) is 1.41. The SMILES string of the molecule is Cc1ccn(C(C)C(=O)N2CCN(Cc3c(F)cccc3Cl)CC2)n1. The van der Waals surface area contributed by atoms with E-state index >= 15 is 0 Å². The molecule has 0 N–H and O–H groups in total. The summed E-state index contributed by atoms with van der Waals surface area (Å²) in [4.78, 5) is 16.6. The van der Waals surface area contributed by atoms with Crippen molar-refractivity contribution in [1.82, 2.24) is 19.6 Å². The van der Waals surface area contributed by atoms with Crippen molar-refractivity contribution in [1.29, 1.82) is 0 Å². The predicted molar refractivity (Wildman–Crippen MR) is 94.9 cm³/mol. The summed E-state index contributed by atoms with van der Waals surface area (Å²) in [6.45, 7) is 6.86. The molecule has 1 aromatic heterocycles. The molecule has 1 aliphatic heterocycles. The van der Waals surface area contributed by atoms with Gasteiger partial charge < -0.3 is 4.90 Å². The van der Waals surface area contributed by atoms with Gasteiger partial charge in [0.05, 0.1) is 5.69 Å². The molecule has 1 amide bonds. The van der Waals surface area contributed by atoms with Gasteiger partial charge in [-0.15, -0.1) is 0 Å². The van der Waals surface area contributed by atoms with E-state index in [2.05, 4.69) is 10.00 Å². The first-order valence-electron chi connectivity index (χ1n) is 8.41. The van der Waals surface area contributed by atoms with E-state index in [0.717, 1.165) is 5.69 Å². The van der Waals surface area contributed by atoms with Gasteiger partial charge in [0.15, 0.2) is 0 Å². The molecule has 2 aromatic rings. The topological polar surface area (TPSA) is 41.4 Å². The van der Waals surface area contributed by atoms with Crippen molar-refractivity contribution in [2.24, 2.45) is 0 Å². The molecule has 134 valence electrons. The van der Waals surface area contributed by atoms with Crippen LogP contribution in [0.2, 0.25) is 5.02 Å². The van der Waals surface area contributed by atoms with Crippen LogP contribution >= 0.6 is 11.6 Å². The predicted octanol–water partition coefficient (Wildman–Crippen LogP) is 2.89. The Morgan fingerprint density at radius 2 is 2.00 bits per heavy atom. The van der Waals surface area contributed by atoms with Crippen LogP contribution < -0.4 is 0 Å². The molecule has 0 bridgehead atoms. The molecule has 0 saturated carbocycles. The van der Waals surface area contributed by atoms with E-state index in [9.17, 15) is 9.18 Å². The molecule has 0 spiro atoms. The first kappa shape index (κ1) is 17.9. The number of carbonyl (C=O) groups is 1. The van der Waals surface area contributed by atoms with Gasteiger partial charge in [-0.1, -0.05) is 17.7 Å². The Hall–Kier alpha value is -1.92. The van der Waals surface area contributed by atoms with Gasteiger partial charge in [0.2, 0.25) is 5.91 Å². The number of aromatic nitrogens is 2. The molecule has 25 heavy (non-hydrogen) atoms. The lowest BCUT2D eigenvalue weighted by Gasteiger charge is -2.36. The lowest BCUT2D eigenvalue weighted by atomic mass is 10.1. The lowest BCUT2D eigenvalue weighted by Crippen LogP contribution is -2.50. The molecule has 1 atom stereocenters. The number of amides is 1. The van der Waals surface area contributed by atoms with Crippen LogP contribution in [0.15, 0.2) is 30.5 Å². The first-order valence-corrected chi connectivity index (χ1v) is 8.79. The van der Waals surface area contributed by atoms with Gasteiger partial charge in [0, 0.05) is 49.5 Å². The van der Waals surface area contributed by atoms with Crippen LogP contribution in [-0.2, 0) is 11.3 Å². The summed E-state index contributed by atoms with van der Waals surface area (Å²) in [7, 11) is 0. The van der Waals surface area contributed by atoms with Crippen molar-refractivity contribution < 1.29 is 9.18 Å². The number of nitrogens with zero attached hydrogens (tertiary/aromatic N) is 4. The van der Waals surface area contributed by atoms with Crippen LogP contribution in [0.5, 0.6) is 0 Å². The normalized spacial score (nSPS) is 16.9. The highest BCUT2D eigenvalue weighted by atomic mass is 35.5. The monoisotopic (exact) mass is 364 g/mol. The standard InChI is InChI=1S/C18H22ClFN4O/c1-13-6-7-24(21-13)14(2)18(25)23-10-8-22(9-11-23)12-15-16(19)4-3-5-17(15)20/h3-7,14H,8-12H2,1-2H3. The van der Waals surface area contributed by atoms with E-state index in [1.165, 1.54) is 6.07 Å². The third-order valence-corrected chi connectivity index (χ3v) is 4.98. The lowest BCUT2D eigenvalue weighted by molar-refractivity contribution is -0.136. The number of halogens is 2. The average molecular weight is 365 g/mol. The first-order chi connectivity index (χ1) is 12.0. The number of hydrogen-bond acceptors (Lipinski definition) is 3. The molecule has 3 rings (SSSR count). The summed E-state index contributed by atoms with van der Waals surface area (Å²) >= 11 is 6.10. The van der Waals surface area contributed by atoms with Crippen molar-refractivity contribution in [3.8, 4) is 0 Å². The Labute approximate surface area is 152 Å². The van der Waals surface area contributed by atoms with Gasteiger partial charge in [-0.05, 0) is 32.0 Å². The fraction of sp³-hybridized carbons (Fsp3) is 0.444. The zero-order chi connectivity index (χ0) is 18.0. The number of rotatable bonds is 4. The summed E-state index contributed by atoms with van der Waals surface area (Å²) in [5.74, 6) is -0.222. The summed E-state index contributed by atoms with van der Waals surface area (Å²) in [6, 6.07) is 6.31. The van der Waals surface area contributed by atoms with Crippen molar-refractivity contribution >= 4 is 17.5 Å². The minimum Gasteiger partial charge on any atom is -0.338 e. The molecule has 1 unspecified atom stereocenters. The highest BCUT2D eigenvalue weighted by molar-refractivity contribution is 6.31. The van der Waals surface area contributed by atoms with Crippen LogP contribution in [0.25, 0.3) is 0 Å². The van der Waals surface area contributed by atoms with Crippen LogP contribution in [-0.4, -0.2) is 51.7 Å². The van der Waals surface area contributed by atoms with Crippen molar-refractivity contribution in [2.75, 3.05) is 26.2 Å². The number of piperazine rings is 1. The van der Waals surface area contributed by atoms with Crippen molar-refractivity contribution in [3.05, 3.63) is 52.6 Å². The Balaban J connectivity index is 1.57. The van der Waals surface area contributed by atoms with E-state index in [1.807, 2.05) is 31.0 Å². The second kappa shape index (κ2) is 7.54. The fourth-order valence-electron chi connectivity index (χ4n) is 3.06. The third kappa shape index (κ3) is 4.02. The van der Waals surface area contributed by atoms with Crippen LogP contribution in [0.4, 0.5) is 4.39 Å². The van der Waals surface area contributed by atoms with E-state index in [4.69, 9.17) is 11.6 Å². The molecule has 5 nitrogen and oxygen atoms in total. The Morgan fingerprint density at radius 3 is 2.60 bits per heavy atom. The Bertz CT molecular complexity index is 735. The zero-order valence-electron chi connectivity index (χ0n) is 14.5. The minimum atomic E-state index is -0.318. The van der Waals surface area contributed by atoms with Gasteiger partial charge in [0.1, 0.15) is 11.9 Å². The largest absolute Gasteiger partial charge is 0.338 e. The van der Waals surface area contributed by atoms with Crippen LogP contribution in [0.3, 0.4) is 0 Å². The molecule has 7 heteroatoms. The summed E-state index contributed by atoms with van der Waals surface area (Å²) < 4.78 is 15.6. The average Bonchev–Trinajstić information content (AvgIpc) is 3.04. The molecule has 1 aromatic carbocycles. The fourth-order valence-corrected chi connectivity index (χ4v) is 3.28. The summed E-state index contributed by atoms with van der Waals surface area (Å²) in [5, 5.41) is 4.76. The van der Waals surface area contributed by atoms with Gasteiger partial charge in [-0.3, -0.25) is 14.4 Å². The second-order valence-corrected chi connectivity index (χ2v) is 6.82. The van der Waals surface area contributed by atoms with Crippen molar-refractivity contribution in [3.63, 3.8) is 0 Å². The van der Waals surface area contributed by atoms with E-state index < -0.39 is 0 Å². The van der Waals surface area contributed by atoms with Gasteiger partial charge in [-0.25, -0.2) is 4.39 Å². The molecular formula is C18H22ClFN4O. The van der Waals surface area contributed by atoms with E-state index in [-0.39, 0.29) is 17.8 Å². The molecule has 2 heterocycles. The summed E-state index contributed by atoms with van der Waals surface area (Å²) in [6.07, 6.45) is 1.83. The third-order valence-electron chi connectivity index (χ3n) is 4.62. The van der Waals surface area contributed by atoms with E-state index in [0.29, 0.717) is 43.3 Å². The molecule has 1 fully saturated rings. The molecular weight excluding hydrogens is 343 g/mol. The van der Waals surface area contributed by atoms with Gasteiger partial charge >= 0.3 is 0 Å².